The van der Waals surface area contributed by atoms with Crippen molar-refractivity contribution in [2.75, 3.05) is 7.05 Å². The summed E-state index contributed by atoms with van der Waals surface area (Å²) in [7, 11) is 1.28. The lowest BCUT2D eigenvalue weighted by Crippen LogP contribution is -2.25. The molecule has 0 N–H and O–H groups in total. The molecule has 0 spiro atoms. The van der Waals surface area contributed by atoms with Crippen LogP contribution in [0.1, 0.15) is 10.8 Å². The summed E-state index contributed by atoms with van der Waals surface area (Å²) in [5.41, 5.74) is 0.0347. The van der Waals surface area contributed by atoms with Crippen LogP contribution in [0.15, 0.2) is 24.3 Å². The molecule has 1 heterocycles. The van der Waals surface area contributed by atoms with E-state index in [1.54, 1.807) is 0 Å². The van der Waals surface area contributed by atoms with Gasteiger partial charge in [-0.05, 0) is 17.8 Å². The molecule has 1 atom stereocenters. The summed E-state index contributed by atoms with van der Waals surface area (Å²) in [5, 5.41) is -1.51. The average Bonchev–Trinajstić information content (AvgIpc) is 2.56. The van der Waals surface area contributed by atoms with E-state index in [1.807, 2.05) is 0 Å². The third-order valence-electron chi connectivity index (χ3n) is 2.47. The van der Waals surface area contributed by atoms with Gasteiger partial charge in [-0.1, -0.05) is 18.2 Å². The van der Waals surface area contributed by atoms with Crippen LogP contribution in [-0.2, 0) is 4.79 Å². The van der Waals surface area contributed by atoms with Crippen molar-refractivity contribution in [1.82, 2.24) is 4.90 Å². The van der Waals surface area contributed by atoms with Crippen LogP contribution in [0.4, 0.5) is 18.0 Å². The fraction of sp³-hybridized carbons (Fsp3) is 0.273. The Morgan fingerprint density at radius 2 is 1.89 bits per heavy atom. The number of likely N-dealkylation sites (N-methyl/N-ethyl adjacent to an activating group) is 1. The number of imide groups is 1. The molecule has 1 aromatic carbocycles. The van der Waals surface area contributed by atoms with Crippen molar-refractivity contribution in [3.05, 3.63) is 29.8 Å². The highest BCUT2D eigenvalue weighted by atomic mass is 32.2. The predicted octanol–water partition coefficient (Wildman–Crippen LogP) is 2.95. The Bertz CT molecular complexity index is 532. The van der Waals surface area contributed by atoms with Gasteiger partial charge >= 0.3 is 6.36 Å². The standard InChI is InChI=1S/C11H8F3NO3S/c1-15-9(16)8(19-10(15)17)6-4-2-3-5-7(6)18-11(12,13)14/h2-5,8H,1H3. The molecule has 0 radical (unpaired) electrons. The minimum atomic E-state index is -4.85. The Labute approximate surface area is 110 Å². The quantitative estimate of drug-likeness (QED) is 0.840. The van der Waals surface area contributed by atoms with Gasteiger partial charge in [0.1, 0.15) is 11.0 Å². The first-order valence-electron chi connectivity index (χ1n) is 5.12. The number of hydrogen-bond donors (Lipinski definition) is 0. The fourth-order valence-corrected chi connectivity index (χ4v) is 2.64. The minimum absolute atomic E-state index is 0.0347. The van der Waals surface area contributed by atoms with Crippen molar-refractivity contribution < 1.29 is 27.5 Å². The van der Waals surface area contributed by atoms with E-state index in [-0.39, 0.29) is 5.56 Å². The molecule has 1 unspecified atom stereocenters. The van der Waals surface area contributed by atoms with Gasteiger partial charge in [0, 0.05) is 12.6 Å². The van der Waals surface area contributed by atoms with Crippen LogP contribution < -0.4 is 4.74 Å². The molecule has 8 heteroatoms. The smallest absolute Gasteiger partial charge is 0.405 e. The number of carbonyl (C=O) groups excluding carboxylic acids is 2. The molecule has 1 aliphatic rings. The maximum absolute atomic E-state index is 12.3. The molecule has 2 rings (SSSR count). The van der Waals surface area contributed by atoms with E-state index in [4.69, 9.17) is 0 Å². The second-order valence-electron chi connectivity index (χ2n) is 3.75. The van der Waals surface area contributed by atoms with Gasteiger partial charge in [0.05, 0.1) is 0 Å². The van der Waals surface area contributed by atoms with Crippen LogP contribution in [0.5, 0.6) is 5.75 Å². The first kappa shape index (κ1) is 13.7. The first-order chi connectivity index (χ1) is 8.79. The zero-order chi connectivity index (χ0) is 14.2. The molecule has 1 aliphatic heterocycles. The molecule has 0 aromatic heterocycles. The van der Waals surface area contributed by atoms with Gasteiger partial charge in [-0.15, -0.1) is 13.2 Å². The highest BCUT2D eigenvalue weighted by molar-refractivity contribution is 8.15. The second kappa shape index (κ2) is 4.76. The minimum Gasteiger partial charge on any atom is -0.405 e. The van der Waals surface area contributed by atoms with Crippen molar-refractivity contribution in [1.29, 1.82) is 0 Å². The van der Waals surface area contributed by atoms with Gasteiger partial charge in [0.2, 0.25) is 5.91 Å². The number of amides is 2. The molecule has 1 aromatic rings. The molecule has 0 bridgehead atoms. The Morgan fingerprint density at radius 3 is 2.42 bits per heavy atom. The molecular weight excluding hydrogens is 283 g/mol. The summed E-state index contributed by atoms with van der Waals surface area (Å²) >= 11 is 0.665. The number of ether oxygens (including phenoxy) is 1. The molecule has 4 nitrogen and oxygen atoms in total. The molecule has 102 valence electrons. The van der Waals surface area contributed by atoms with Gasteiger partial charge in [-0.25, -0.2) is 0 Å². The zero-order valence-corrected chi connectivity index (χ0v) is 10.4. The van der Waals surface area contributed by atoms with E-state index >= 15 is 0 Å². The van der Waals surface area contributed by atoms with Crippen LogP contribution in [0.3, 0.4) is 0 Å². The highest BCUT2D eigenvalue weighted by Crippen LogP contribution is 2.43. The Morgan fingerprint density at radius 1 is 1.26 bits per heavy atom. The summed E-state index contributed by atoms with van der Waals surface area (Å²) < 4.78 is 40.7. The second-order valence-corrected chi connectivity index (χ2v) is 4.80. The number of halogens is 3. The van der Waals surface area contributed by atoms with Gasteiger partial charge in [0.25, 0.3) is 5.24 Å². The van der Waals surface area contributed by atoms with Crippen molar-refractivity contribution in [2.45, 2.75) is 11.6 Å². The third-order valence-corrected chi connectivity index (χ3v) is 3.64. The summed E-state index contributed by atoms with van der Waals surface area (Å²) in [5.74, 6) is -1.03. The van der Waals surface area contributed by atoms with E-state index in [2.05, 4.69) is 4.74 Å². The Kier molecular flexibility index (Phi) is 3.44. The average molecular weight is 291 g/mol. The number of rotatable bonds is 2. The Balaban J connectivity index is 2.36. The summed E-state index contributed by atoms with van der Waals surface area (Å²) in [6, 6.07) is 5.29. The van der Waals surface area contributed by atoms with Gasteiger partial charge in [-0.2, -0.15) is 0 Å². The molecule has 19 heavy (non-hydrogen) atoms. The molecular formula is C11H8F3NO3S. The molecule has 2 amide bonds. The number of para-hydroxylation sites is 1. The monoisotopic (exact) mass is 291 g/mol. The van der Waals surface area contributed by atoms with E-state index in [0.29, 0.717) is 11.8 Å². The number of benzene rings is 1. The normalized spacial score (nSPS) is 20.0. The number of thioether (sulfide) groups is 1. The summed E-state index contributed by atoms with van der Waals surface area (Å²) in [4.78, 5) is 24.0. The number of carbonyl (C=O) groups is 2. The lowest BCUT2D eigenvalue weighted by Gasteiger charge is -2.15. The van der Waals surface area contributed by atoms with E-state index < -0.39 is 28.5 Å². The van der Waals surface area contributed by atoms with Crippen LogP contribution >= 0.6 is 11.8 Å². The van der Waals surface area contributed by atoms with E-state index in [0.717, 1.165) is 11.0 Å². The van der Waals surface area contributed by atoms with Gasteiger partial charge in [-0.3, -0.25) is 14.5 Å². The largest absolute Gasteiger partial charge is 0.573 e. The lowest BCUT2D eigenvalue weighted by molar-refractivity contribution is -0.274. The zero-order valence-electron chi connectivity index (χ0n) is 9.60. The Hall–Kier alpha value is -1.70. The summed E-state index contributed by atoms with van der Waals surface area (Å²) in [6.45, 7) is 0. The fourth-order valence-electron chi connectivity index (χ4n) is 1.61. The highest BCUT2D eigenvalue weighted by Gasteiger charge is 2.41. The summed E-state index contributed by atoms with van der Waals surface area (Å²) in [6.07, 6.45) is -4.85. The molecule has 0 aliphatic carbocycles. The van der Waals surface area contributed by atoms with Crippen LogP contribution in [-0.4, -0.2) is 29.5 Å². The predicted molar refractivity (Wildman–Crippen MR) is 61.6 cm³/mol. The first-order valence-corrected chi connectivity index (χ1v) is 6.00. The SMILES string of the molecule is CN1C(=O)SC(c2ccccc2OC(F)(F)F)C1=O. The number of alkyl halides is 3. The van der Waals surface area contributed by atoms with Crippen LogP contribution in [0.2, 0.25) is 0 Å². The maximum atomic E-state index is 12.3. The van der Waals surface area contributed by atoms with Crippen LogP contribution in [0, 0.1) is 0 Å². The lowest BCUT2D eigenvalue weighted by atomic mass is 10.1. The third kappa shape index (κ3) is 2.83. The van der Waals surface area contributed by atoms with Crippen molar-refractivity contribution in [3.63, 3.8) is 0 Å². The van der Waals surface area contributed by atoms with Crippen LogP contribution in [0.25, 0.3) is 0 Å². The van der Waals surface area contributed by atoms with Gasteiger partial charge in [0.15, 0.2) is 0 Å². The molecule has 1 saturated heterocycles. The molecule has 0 saturated carbocycles. The van der Waals surface area contributed by atoms with Crippen molar-refractivity contribution in [2.24, 2.45) is 0 Å². The number of hydrogen-bond acceptors (Lipinski definition) is 4. The van der Waals surface area contributed by atoms with E-state index in [1.165, 1.54) is 25.2 Å². The number of nitrogens with zero attached hydrogens (tertiary/aromatic N) is 1. The topological polar surface area (TPSA) is 46.6 Å². The van der Waals surface area contributed by atoms with Crippen molar-refractivity contribution in [3.8, 4) is 5.75 Å². The van der Waals surface area contributed by atoms with Crippen molar-refractivity contribution >= 4 is 22.9 Å². The molecule has 1 fully saturated rings. The van der Waals surface area contributed by atoms with Gasteiger partial charge < -0.3 is 4.74 Å². The van der Waals surface area contributed by atoms with E-state index in [9.17, 15) is 22.8 Å². The maximum Gasteiger partial charge on any atom is 0.573 e.